The van der Waals surface area contributed by atoms with Crippen LogP contribution in [0.25, 0.3) is 0 Å². The second kappa shape index (κ2) is 8.08. The molecule has 0 radical (unpaired) electrons. The average molecular weight is 304 g/mol. The molecule has 1 aromatic carbocycles. The molecule has 0 bridgehead atoms. The third kappa shape index (κ3) is 5.43. The number of hydrogen-bond donors (Lipinski definition) is 2. The summed E-state index contributed by atoms with van der Waals surface area (Å²) in [7, 11) is 0. The third-order valence-corrected chi connectivity index (χ3v) is 4.80. The van der Waals surface area contributed by atoms with Crippen LogP contribution in [0.2, 0.25) is 0 Å². The monoisotopic (exact) mass is 304 g/mol. The minimum absolute atomic E-state index is 0.138. The molecular weight excluding hydrogens is 280 g/mol. The Labute approximate surface area is 131 Å². The predicted octanol–water partition coefficient (Wildman–Crippen LogP) is 5.07. The average Bonchev–Trinajstić information content (AvgIpc) is 2.86. The number of phenols is 2. The van der Waals surface area contributed by atoms with Crippen molar-refractivity contribution in [2.75, 3.05) is 0 Å². The standard InChI is InChI=1S/C18H24O2S/c1-2-3-4-7-17-9-10-18(21-17)8-5-6-14-11-15(19)13-16(20)12-14/h9-13,19-20H,2-8H2,1H3. The predicted molar refractivity (Wildman–Crippen MR) is 89.3 cm³/mol. The molecule has 0 atom stereocenters. The van der Waals surface area contributed by atoms with Gasteiger partial charge in [-0.15, -0.1) is 11.3 Å². The molecule has 0 unspecified atom stereocenters. The number of aromatic hydroxyl groups is 2. The summed E-state index contributed by atoms with van der Waals surface area (Å²) in [6.07, 6.45) is 8.07. The van der Waals surface area contributed by atoms with Crippen molar-refractivity contribution in [3.8, 4) is 11.5 Å². The fourth-order valence-corrected chi connectivity index (χ4v) is 3.61. The van der Waals surface area contributed by atoms with Crippen molar-refractivity contribution in [1.29, 1.82) is 0 Å². The van der Waals surface area contributed by atoms with Crippen molar-refractivity contribution >= 4 is 11.3 Å². The first-order valence-corrected chi connectivity index (χ1v) is 8.58. The van der Waals surface area contributed by atoms with Gasteiger partial charge in [0.25, 0.3) is 0 Å². The smallest absolute Gasteiger partial charge is 0.119 e. The van der Waals surface area contributed by atoms with E-state index in [-0.39, 0.29) is 11.5 Å². The number of rotatable bonds is 8. The molecule has 2 aromatic rings. The Hall–Kier alpha value is -1.48. The van der Waals surface area contributed by atoms with Crippen LogP contribution in [0.5, 0.6) is 11.5 Å². The maximum atomic E-state index is 9.46. The van der Waals surface area contributed by atoms with E-state index in [0.717, 1.165) is 24.8 Å². The van der Waals surface area contributed by atoms with E-state index in [1.807, 2.05) is 11.3 Å². The maximum absolute atomic E-state index is 9.46. The lowest BCUT2D eigenvalue weighted by Gasteiger charge is -2.03. The minimum Gasteiger partial charge on any atom is -0.508 e. The molecule has 0 fully saturated rings. The van der Waals surface area contributed by atoms with Crippen LogP contribution in [0, 0.1) is 0 Å². The first kappa shape index (κ1) is 15.9. The van der Waals surface area contributed by atoms with Crippen LogP contribution in [0.3, 0.4) is 0 Å². The van der Waals surface area contributed by atoms with Crippen molar-refractivity contribution in [3.05, 3.63) is 45.6 Å². The SMILES string of the molecule is CCCCCc1ccc(CCCc2cc(O)cc(O)c2)s1. The van der Waals surface area contributed by atoms with Crippen LogP contribution in [0.15, 0.2) is 30.3 Å². The molecule has 2 rings (SSSR count). The number of phenolic OH excluding ortho intramolecular Hbond substituents is 2. The molecule has 1 aromatic heterocycles. The summed E-state index contributed by atoms with van der Waals surface area (Å²) in [6, 6.07) is 9.32. The Morgan fingerprint density at radius 3 is 2.05 bits per heavy atom. The van der Waals surface area contributed by atoms with Crippen LogP contribution in [-0.4, -0.2) is 10.2 Å². The molecule has 0 aliphatic heterocycles. The van der Waals surface area contributed by atoms with Gasteiger partial charge in [-0.05, 0) is 61.9 Å². The lowest BCUT2D eigenvalue weighted by atomic mass is 10.1. The summed E-state index contributed by atoms with van der Waals surface area (Å²) >= 11 is 1.93. The van der Waals surface area contributed by atoms with E-state index in [4.69, 9.17) is 0 Å². The first-order valence-electron chi connectivity index (χ1n) is 7.77. The van der Waals surface area contributed by atoms with E-state index >= 15 is 0 Å². The van der Waals surface area contributed by atoms with Crippen molar-refractivity contribution in [2.45, 2.75) is 51.9 Å². The molecule has 1 heterocycles. The molecule has 3 heteroatoms. The van der Waals surface area contributed by atoms with Crippen LogP contribution in [0.1, 0.15) is 47.9 Å². The summed E-state index contributed by atoms with van der Waals surface area (Å²) in [5.41, 5.74) is 0.993. The summed E-state index contributed by atoms with van der Waals surface area (Å²) in [6.45, 7) is 2.24. The fourth-order valence-electron chi connectivity index (χ4n) is 2.51. The summed E-state index contributed by atoms with van der Waals surface area (Å²) in [5.74, 6) is 0.277. The van der Waals surface area contributed by atoms with Gasteiger partial charge in [-0.3, -0.25) is 0 Å². The fraction of sp³-hybridized carbons (Fsp3) is 0.444. The molecule has 0 amide bonds. The summed E-state index contributed by atoms with van der Waals surface area (Å²) in [5, 5.41) is 18.9. The topological polar surface area (TPSA) is 40.5 Å². The van der Waals surface area contributed by atoms with Crippen molar-refractivity contribution < 1.29 is 10.2 Å². The zero-order chi connectivity index (χ0) is 15.1. The Morgan fingerprint density at radius 2 is 1.43 bits per heavy atom. The summed E-state index contributed by atoms with van der Waals surface area (Å²) in [4.78, 5) is 2.93. The first-order chi connectivity index (χ1) is 10.2. The third-order valence-electron chi connectivity index (χ3n) is 3.59. The number of benzene rings is 1. The van der Waals surface area contributed by atoms with Crippen LogP contribution >= 0.6 is 11.3 Å². The number of aryl methyl sites for hydroxylation is 3. The molecule has 2 nitrogen and oxygen atoms in total. The Kier molecular flexibility index (Phi) is 6.12. The van der Waals surface area contributed by atoms with Gasteiger partial charge in [-0.2, -0.15) is 0 Å². The van der Waals surface area contributed by atoms with Gasteiger partial charge >= 0.3 is 0 Å². The van der Waals surface area contributed by atoms with Gasteiger partial charge in [-0.1, -0.05) is 19.8 Å². The van der Waals surface area contributed by atoms with Gasteiger partial charge in [0.05, 0.1) is 0 Å². The largest absolute Gasteiger partial charge is 0.508 e. The van der Waals surface area contributed by atoms with Crippen LogP contribution in [0.4, 0.5) is 0 Å². The summed E-state index contributed by atoms with van der Waals surface area (Å²) < 4.78 is 0. The number of unbranched alkanes of at least 4 members (excludes halogenated alkanes) is 2. The van der Waals surface area contributed by atoms with E-state index in [0.29, 0.717) is 0 Å². The molecule has 0 saturated heterocycles. The van der Waals surface area contributed by atoms with Gasteiger partial charge in [0, 0.05) is 15.8 Å². The lowest BCUT2D eigenvalue weighted by Crippen LogP contribution is -1.88. The van der Waals surface area contributed by atoms with Gasteiger partial charge < -0.3 is 10.2 Å². The van der Waals surface area contributed by atoms with E-state index in [1.54, 1.807) is 12.1 Å². The van der Waals surface area contributed by atoms with Crippen molar-refractivity contribution in [1.82, 2.24) is 0 Å². The second-order valence-electron chi connectivity index (χ2n) is 5.54. The van der Waals surface area contributed by atoms with Gasteiger partial charge in [0.1, 0.15) is 11.5 Å². The van der Waals surface area contributed by atoms with E-state index in [1.165, 1.54) is 41.5 Å². The Balaban J connectivity index is 1.78. The van der Waals surface area contributed by atoms with Gasteiger partial charge in [0.15, 0.2) is 0 Å². The van der Waals surface area contributed by atoms with E-state index in [9.17, 15) is 10.2 Å². The highest BCUT2D eigenvalue weighted by Crippen LogP contribution is 2.23. The molecule has 114 valence electrons. The van der Waals surface area contributed by atoms with Gasteiger partial charge in [0.2, 0.25) is 0 Å². The zero-order valence-electron chi connectivity index (χ0n) is 12.6. The normalized spacial score (nSPS) is 10.9. The number of thiophene rings is 1. The molecule has 2 N–H and O–H groups in total. The molecule has 21 heavy (non-hydrogen) atoms. The van der Waals surface area contributed by atoms with Gasteiger partial charge in [-0.25, -0.2) is 0 Å². The highest BCUT2D eigenvalue weighted by atomic mass is 32.1. The zero-order valence-corrected chi connectivity index (χ0v) is 13.5. The second-order valence-corrected chi connectivity index (χ2v) is 6.79. The molecular formula is C18H24O2S. The quantitative estimate of drug-likeness (QED) is 0.669. The highest BCUT2D eigenvalue weighted by molar-refractivity contribution is 7.11. The Morgan fingerprint density at radius 1 is 0.810 bits per heavy atom. The van der Waals surface area contributed by atoms with E-state index in [2.05, 4.69) is 19.1 Å². The maximum Gasteiger partial charge on any atom is 0.119 e. The lowest BCUT2D eigenvalue weighted by molar-refractivity contribution is 0.449. The molecule has 0 saturated carbocycles. The molecule has 0 aliphatic rings. The van der Waals surface area contributed by atoms with Crippen LogP contribution in [-0.2, 0) is 19.3 Å². The minimum atomic E-state index is 0.138. The Bertz CT molecular complexity index is 540. The van der Waals surface area contributed by atoms with Crippen LogP contribution < -0.4 is 0 Å². The highest BCUT2D eigenvalue weighted by Gasteiger charge is 2.03. The number of hydrogen-bond acceptors (Lipinski definition) is 3. The molecule has 0 aliphatic carbocycles. The van der Waals surface area contributed by atoms with E-state index < -0.39 is 0 Å². The van der Waals surface area contributed by atoms with Crippen molar-refractivity contribution in [2.24, 2.45) is 0 Å². The molecule has 0 spiro atoms. The van der Waals surface area contributed by atoms with Crippen molar-refractivity contribution in [3.63, 3.8) is 0 Å².